The van der Waals surface area contributed by atoms with Crippen LogP contribution in [-0.2, 0) is 4.79 Å². The number of nitrogens with zero attached hydrogens (tertiary/aromatic N) is 3. The molecule has 1 fully saturated rings. The first-order chi connectivity index (χ1) is 12.9. The van der Waals surface area contributed by atoms with E-state index in [0.29, 0.717) is 12.1 Å². The largest absolute Gasteiger partial charge is 0.508 e. The van der Waals surface area contributed by atoms with E-state index in [1.807, 2.05) is 41.3 Å². The average molecular weight is 363 g/mol. The summed E-state index contributed by atoms with van der Waals surface area (Å²) in [5.41, 5.74) is 2.68. The van der Waals surface area contributed by atoms with Crippen molar-refractivity contribution in [1.29, 1.82) is 5.26 Å². The Balaban J connectivity index is 2.01. The molecule has 2 aromatic rings. The molecule has 140 valence electrons. The lowest BCUT2D eigenvalue weighted by Crippen LogP contribution is -2.58. The number of hydrogen-bond acceptors (Lipinski definition) is 4. The van der Waals surface area contributed by atoms with Gasteiger partial charge < -0.3 is 10.0 Å². The van der Waals surface area contributed by atoms with Crippen LogP contribution in [0.2, 0.25) is 0 Å². The Hall–Kier alpha value is -2.84. The van der Waals surface area contributed by atoms with Crippen molar-refractivity contribution < 1.29 is 9.90 Å². The maximum Gasteiger partial charge on any atom is 0.219 e. The van der Waals surface area contributed by atoms with Gasteiger partial charge in [-0.1, -0.05) is 24.3 Å². The lowest BCUT2D eigenvalue weighted by Gasteiger charge is -2.47. The quantitative estimate of drug-likeness (QED) is 0.909. The van der Waals surface area contributed by atoms with Crippen LogP contribution in [0.1, 0.15) is 43.5 Å². The molecule has 0 unspecified atom stereocenters. The summed E-state index contributed by atoms with van der Waals surface area (Å²) < 4.78 is 0. The number of carbonyl (C=O) groups is 1. The molecular formula is C22H25N3O2. The van der Waals surface area contributed by atoms with Crippen LogP contribution in [-0.4, -0.2) is 46.0 Å². The van der Waals surface area contributed by atoms with Crippen LogP contribution < -0.4 is 0 Å². The Bertz CT molecular complexity index is 857. The topological polar surface area (TPSA) is 67.6 Å². The third kappa shape index (κ3) is 3.96. The second-order valence-electron chi connectivity index (χ2n) is 7.30. The normalized spacial score (nSPS) is 21.5. The highest BCUT2D eigenvalue weighted by Crippen LogP contribution is 2.34. The Morgan fingerprint density at radius 2 is 1.81 bits per heavy atom. The molecule has 1 amide bonds. The number of phenolic OH excluding ortho intramolecular Hbond substituents is 1. The van der Waals surface area contributed by atoms with Crippen molar-refractivity contribution in [3.05, 3.63) is 65.2 Å². The number of benzene rings is 2. The number of carbonyl (C=O) groups excluding carboxylic acids is 1. The van der Waals surface area contributed by atoms with Crippen LogP contribution in [0.4, 0.5) is 0 Å². The van der Waals surface area contributed by atoms with Crippen molar-refractivity contribution in [3.8, 4) is 11.8 Å². The van der Waals surface area contributed by atoms with Crippen molar-refractivity contribution in [2.45, 2.75) is 38.9 Å². The van der Waals surface area contributed by atoms with Crippen LogP contribution in [0.5, 0.6) is 5.75 Å². The Morgan fingerprint density at radius 3 is 2.41 bits per heavy atom. The van der Waals surface area contributed by atoms with E-state index in [4.69, 9.17) is 5.26 Å². The lowest BCUT2D eigenvalue weighted by atomic mass is 9.93. The molecule has 1 saturated heterocycles. The SMILES string of the molecule is CC(=O)N1C[C@H](C)N([C@H](c2ccc(C#N)cc2)c2cccc(O)c2)C[C@H]1C. The molecule has 3 rings (SSSR count). The third-order valence-corrected chi connectivity index (χ3v) is 5.31. The van der Waals surface area contributed by atoms with Gasteiger partial charge in [-0.05, 0) is 49.2 Å². The van der Waals surface area contributed by atoms with E-state index < -0.39 is 0 Å². The van der Waals surface area contributed by atoms with Crippen LogP contribution in [0, 0.1) is 11.3 Å². The molecule has 1 aliphatic rings. The minimum atomic E-state index is -0.0589. The van der Waals surface area contributed by atoms with Crippen molar-refractivity contribution in [1.82, 2.24) is 9.80 Å². The van der Waals surface area contributed by atoms with Gasteiger partial charge in [0.15, 0.2) is 0 Å². The minimum Gasteiger partial charge on any atom is -0.508 e. The van der Waals surface area contributed by atoms with Crippen LogP contribution in [0.15, 0.2) is 48.5 Å². The summed E-state index contributed by atoms with van der Waals surface area (Å²) >= 11 is 0. The zero-order valence-electron chi connectivity index (χ0n) is 16.0. The monoisotopic (exact) mass is 363 g/mol. The van der Waals surface area contributed by atoms with Gasteiger partial charge in [0.1, 0.15) is 5.75 Å². The van der Waals surface area contributed by atoms with E-state index in [1.54, 1.807) is 19.1 Å². The maximum atomic E-state index is 11.9. The van der Waals surface area contributed by atoms with Gasteiger partial charge in [-0.3, -0.25) is 9.69 Å². The van der Waals surface area contributed by atoms with E-state index in [-0.39, 0.29) is 29.8 Å². The summed E-state index contributed by atoms with van der Waals surface area (Å²) in [6.45, 7) is 7.22. The van der Waals surface area contributed by atoms with Gasteiger partial charge in [-0.2, -0.15) is 5.26 Å². The van der Waals surface area contributed by atoms with Crippen LogP contribution in [0.3, 0.4) is 0 Å². The zero-order chi connectivity index (χ0) is 19.6. The smallest absolute Gasteiger partial charge is 0.219 e. The highest BCUT2D eigenvalue weighted by atomic mass is 16.3. The van der Waals surface area contributed by atoms with Gasteiger partial charge in [0.05, 0.1) is 17.7 Å². The molecular weight excluding hydrogens is 338 g/mol. The summed E-state index contributed by atoms with van der Waals surface area (Å²) in [6, 6.07) is 17.3. The number of nitriles is 1. The molecule has 3 atom stereocenters. The molecule has 0 saturated carbocycles. The summed E-state index contributed by atoms with van der Waals surface area (Å²) in [7, 11) is 0. The van der Waals surface area contributed by atoms with Gasteiger partial charge in [-0.25, -0.2) is 0 Å². The molecule has 2 aromatic carbocycles. The van der Waals surface area contributed by atoms with Gasteiger partial charge in [0.25, 0.3) is 0 Å². The summed E-state index contributed by atoms with van der Waals surface area (Å²) in [6.07, 6.45) is 0. The van der Waals surface area contributed by atoms with Gasteiger partial charge in [0.2, 0.25) is 5.91 Å². The number of rotatable bonds is 3. The number of piperazine rings is 1. The first-order valence-electron chi connectivity index (χ1n) is 9.22. The first kappa shape index (κ1) is 18.9. The van der Waals surface area contributed by atoms with Crippen molar-refractivity contribution >= 4 is 5.91 Å². The highest BCUT2D eigenvalue weighted by Gasteiger charge is 2.35. The second kappa shape index (κ2) is 7.81. The van der Waals surface area contributed by atoms with Crippen LogP contribution >= 0.6 is 0 Å². The standard InChI is InChI=1S/C22H25N3O2/c1-15-14-25(16(2)13-24(15)17(3)26)22(20-5-4-6-21(27)11-20)19-9-7-18(12-23)8-10-19/h4-11,15-16,22,27H,13-14H2,1-3H3/t15-,16+,22-/m1/s1. The van der Waals surface area contributed by atoms with E-state index >= 15 is 0 Å². The van der Waals surface area contributed by atoms with Crippen molar-refractivity contribution in [2.24, 2.45) is 0 Å². The van der Waals surface area contributed by atoms with E-state index in [9.17, 15) is 9.90 Å². The zero-order valence-corrected chi connectivity index (χ0v) is 16.0. The predicted molar refractivity (Wildman–Crippen MR) is 104 cm³/mol. The fourth-order valence-corrected chi connectivity index (χ4v) is 3.96. The molecule has 0 aliphatic carbocycles. The maximum absolute atomic E-state index is 11.9. The molecule has 0 aromatic heterocycles. The Kier molecular flexibility index (Phi) is 5.48. The first-order valence-corrected chi connectivity index (χ1v) is 9.22. The molecule has 0 bridgehead atoms. The molecule has 0 spiro atoms. The van der Waals surface area contributed by atoms with Gasteiger partial charge in [-0.15, -0.1) is 0 Å². The molecule has 1 aliphatic heterocycles. The fourth-order valence-electron chi connectivity index (χ4n) is 3.96. The summed E-state index contributed by atoms with van der Waals surface area (Å²) in [4.78, 5) is 16.2. The minimum absolute atomic E-state index is 0.0589. The molecule has 27 heavy (non-hydrogen) atoms. The van der Waals surface area contributed by atoms with E-state index in [2.05, 4.69) is 24.8 Å². The van der Waals surface area contributed by atoms with E-state index in [0.717, 1.165) is 17.7 Å². The lowest BCUT2D eigenvalue weighted by molar-refractivity contribution is -0.135. The molecule has 1 N–H and O–H groups in total. The average Bonchev–Trinajstić information content (AvgIpc) is 2.65. The highest BCUT2D eigenvalue weighted by molar-refractivity contribution is 5.73. The molecule has 0 radical (unpaired) electrons. The van der Waals surface area contributed by atoms with E-state index in [1.165, 1.54) is 0 Å². The number of amides is 1. The van der Waals surface area contributed by atoms with Gasteiger partial charge in [0, 0.05) is 32.1 Å². The molecule has 5 heteroatoms. The number of aromatic hydroxyl groups is 1. The summed E-state index contributed by atoms with van der Waals surface area (Å²) in [5, 5.41) is 19.1. The van der Waals surface area contributed by atoms with Crippen molar-refractivity contribution in [3.63, 3.8) is 0 Å². The Labute approximate surface area is 160 Å². The summed E-state index contributed by atoms with van der Waals surface area (Å²) in [5.74, 6) is 0.329. The third-order valence-electron chi connectivity index (χ3n) is 5.31. The Morgan fingerprint density at radius 1 is 1.11 bits per heavy atom. The fraction of sp³-hybridized carbons (Fsp3) is 0.364. The molecule has 1 heterocycles. The van der Waals surface area contributed by atoms with Crippen LogP contribution in [0.25, 0.3) is 0 Å². The van der Waals surface area contributed by atoms with Crippen molar-refractivity contribution in [2.75, 3.05) is 13.1 Å². The number of phenols is 1. The van der Waals surface area contributed by atoms with Gasteiger partial charge >= 0.3 is 0 Å². The second-order valence-corrected chi connectivity index (χ2v) is 7.30. The molecule has 5 nitrogen and oxygen atoms in total. The predicted octanol–water partition coefficient (Wildman–Crippen LogP) is 3.29. The number of hydrogen-bond donors (Lipinski definition) is 1.